The van der Waals surface area contributed by atoms with Gasteiger partial charge in [0.2, 0.25) is 0 Å². The summed E-state index contributed by atoms with van der Waals surface area (Å²) in [7, 11) is 0. The van der Waals surface area contributed by atoms with Gasteiger partial charge < -0.3 is 0 Å². The van der Waals surface area contributed by atoms with Crippen LogP contribution in [0, 0.1) is 11.3 Å². The largest absolute Gasteiger partial charge is 0.192 e. The minimum atomic E-state index is -0.196. The van der Waals surface area contributed by atoms with E-state index < -0.39 is 0 Å². The minimum Gasteiger partial charge on any atom is -0.192 e. The quantitative estimate of drug-likeness (QED) is 0.136. The Morgan fingerprint density at radius 3 is 2.00 bits per heavy atom. The van der Waals surface area contributed by atoms with E-state index in [1.165, 1.54) is 81.0 Å². The van der Waals surface area contributed by atoms with E-state index in [-0.39, 0.29) is 23.2 Å². The van der Waals surface area contributed by atoms with Gasteiger partial charge in [0, 0.05) is 31.5 Å². The van der Waals surface area contributed by atoms with E-state index in [0.717, 1.165) is 30.4 Å². The van der Waals surface area contributed by atoms with E-state index >= 15 is 0 Å². The number of hydrogen-bond acceptors (Lipinski definition) is 2. The van der Waals surface area contributed by atoms with Crippen LogP contribution in [0.4, 0.5) is 0 Å². The fourth-order valence-electron chi connectivity index (χ4n) is 10.2. The van der Waals surface area contributed by atoms with Crippen LogP contribution in [0.25, 0.3) is 42.1 Å². The minimum absolute atomic E-state index is 0.196. The Labute approximate surface area is 352 Å². The van der Waals surface area contributed by atoms with Crippen LogP contribution in [0.2, 0.25) is 0 Å². The molecule has 1 aliphatic rings. The van der Waals surface area contributed by atoms with Crippen LogP contribution in [-0.4, -0.2) is 0 Å². The number of nitriles is 1. The topological polar surface area (TPSA) is 23.8 Å². The molecule has 1 aliphatic carbocycles. The highest BCUT2D eigenvalue weighted by molar-refractivity contribution is 7.26. The second-order valence-electron chi connectivity index (χ2n) is 17.0. The van der Waals surface area contributed by atoms with Crippen molar-refractivity contribution in [2.45, 2.75) is 63.2 Å². The molecule has 0 aliphatic heterocycles. The van der Waals surface area contributed by atoms with E-state index in [0.29, 0.717) is 0 Å². The molecule has 3 unspecified atom stereocenters. The molecule has 2 heteroatoms. The third kappa shape index (κ3) is 6.46. The lowest BCUT2D eigenvalue weighted by atomic mass is 9.75. The van der Waals surface area contributed by atoms with Gasteiger partial charge in [-0.05, 0) is 110 Å². The van der Waals surface area contributed by atoms with Gasteiger partial charge in [0.15, 0.2) is 0 Å². The summed E-state index contributed by atoms with van der Waals surface area (Å²) in [4.78, 5) is 0. The van der Waals surface area contributed by atoms with Gasteiger partial charge >= 0.3 is 0 Å². The van der Waals surface area contributed by atoms with Crippen molar-refractivity contribution < 1.29 is 0 Å². The fourth-order valence-corrected chi connectivity index (χ4v) is 11.5. The lowest BCUT2D eigenvalue weighted by Gasteiger charge is -2.28. The monoisotopic (exact) mass is 777 g/mol. The van der Waals surface area contributed by atoms with Gasteiger partial charge in [-0.3, -0.25) is 0 Å². The van der Waals surface area contributed by atoms with Gasteiger partial charge in [0.1, 0.15) is 0 Å². The molecule has 0 spiro atoms. The first kappa shape index (κ1) is 37.0. The molecule has 0 N–H and O–H groups in total. The number of benzene rings is 8. The second-order valence-corrected chi connectivity index (χ2v) is 18.1. The fraction of sp³-hybridized carbons (Fsp3) is 0.175. The second kappa shape index (κ2) is 15.2. The van der Waals surface area contributed by atoms with Crippen molar-refractivity contribution in [2.75, 3.05) is 0 Å². The molecule has 1 heterocycles. The number of rotatable bonds is 10. The molecule has 0 saturated carbocycles. The van der Waals surface area contributed by atoms with Crippen LogP contribution in [0.3, 0.4) is 0 Å². The van der Waals surface area contributed by atoms with Crippen LogP contribution in [-0.2, 0) is 18.3 Å². The average molecular weight is 778 g/mol. The number of hydrogen-bond donors (Lipinski definition) is 0. The van der Waals surface area contributed by atoms with Gasteiger partial charge in [-0.15, -0.1) is 11.3 Å². The molecule has 1 nitrogen and oxygen atoms in total. The molecule has 0 bridgehead atoms. The summed E-state index contributed by atoms with van der Waals surface area (Å²) in [6, 6.07) is 67.4. The number of aryl methyl sites for hydroxylation is 1. The molecule has 0 amide bonds. The molecule has 3 atom stereocenters. The van der Waals surface area contributed by atoms with Crippen LogP contribution >= 0.6 is 11.3 Å². The Balaban J connectivity index is 1.06. The Morgan fingerprint density at radius 2 is 1.22 bits per heavy atom. The van der Waals surface area contributed by atoms with E-state index in [9.17, 15) is 5.26 Å². The number of fused-ring (bicyclic) bond motifs is 8. The molecule has 1 aromatic heterocycles. The van der Waals surface area contributed by atoms with Crippen molar-refractivity contribution in [1.29, 1.82) is 5.26 Å². The first-order valence-corrected chi connectivity index (χ1v) is 21.9. The predicted octanol–water partition coefficient (Wildman–Crippen LogP) is 15.3. The zero-order chi connectivity index (χ0) is 40.1. The smallest absolute Gasteiger partial charge is 0.0994 e. The normalized spacial score (nSPS) is 14.5. The van der Waals surface area contributed by atoms with Crippen LogP contribution in [0.5, 0.6) is 0 Å². The van der Waals surface area contributed by atoms with Crippen molar-refractivity contribution in [3.8, 4) is 17.2 Å². The van der Waals surface area contributed by atoms with E-state index in [1.807, 2.05) is 23.5 Å². The number of nitrogens with zero attached hydrogens (tertiary/aromatic N) is 1. The zero-order valence-corrected chi connectivity index (χ0v) is 34.8. The molecular formula is C57H47NS. The molecule has 10 rings (SSSR count). The van der Waals surface area contributed by atoms with Crippen LogP contribution in [0.1, 0.15) is 95.0 Å². The van der Waals surface area contributed by atoms with Crippen LogP contribution < -0.4 is 0 Å². The lowest BCUT2D eigenvalue weighted by molar-refractivity contribution is 0.569. The molecule has 0 fully saturated rings. The summed E-state index contributed by atoms with van der Waals surface area (Å²) in [5.74, 6) is 0.677. The summed E-state index contributed by atoms with van der Waals surface area (Å²) in [6.07, 6.45) is 2.83. The van der Waals surface area contributed by atoms with Crippen molar-refractivity contribution in [3.63, 3.8) is 0 Å². The lowest BCUT2D eigenvalue weighted by Crippen LogP contribution is -2.17. The van der Waals surface area contributed by atoms with Gasteiger partial charge in [0.25, 0.3) is 0 Å². The number of thiophene rings is 1. The molecule has 0 saturated heterocycles. The third-order valence-corrected chi connectivity index (χ3v) is 14.7. The van der Waals surface area contributed by atoms with E-state index in [1.54, 1.807) is 0 Å². The zero-order valence-electron chi connectivity index (χ0n) is 34.0. The highest BCUT2D eigenvalue weighted by atomic mass is 32.1. The summed E-state index contributed by atoms with van der Waals surface area (Å²) in [5.41, 5.74) is 14.1. The van der Waals surface area contributed by atoms with Crippen molar-refractivity contribution >= 4 is 42.3 Å². The SMILES string of the molecule is CC(c1ccc2c(c1)C(C)(C)c1cc(C(CCc3cccc4c3sc3ccccc34)c3ccccc3)c3ccccc3c1-2)C(Cc1ccccc1C#N)c1ccccc1. The standard InChI is InChI=1S/C57H47NS/c1-37(50(39-19-8-5-9-20-39)33-42-21-10-11-22-43(42)36-58)41-30-32-49-52(34-41)57(2,3)53-35-51(45-24-12-13-26-47(45)55(49)53)44(38-17-6-4-7-18-38)31-29-40-23-16-27-48-46-25-14-15-28-54(46)59-56(40)48/h4-28,30,32,34-35,37,44,50H,29,31,33H2,1-3H3. The Kier molecular flexibility index (Phi) is 9.51. The molecule has 8 aromatic carbocycles. The molecule has 286 valence electrons. The third-order valence-electron chi connectivity index (χ3n) is 13.4. The summed E-state index contributed by atoms with van der Waals surface area (Å²) in [5, 5.41) is 15.4. The van der Waals surface area contributed by atoms with Crippen molar-refractivity contribution in [3.05, 3.63) is 226 Å². The molecular weight excluding hydrogens is 731 g/mol. The van der Waals surface area contributed by atoms with Crippen molar-refractivity contribution in [2.24, 2.45) is 0 Å². The molecule has 9 aromatic rings. The maximum absolute atomic E-state index is 10.00. The first-order valence-electron chi connectivity index (χ1n) is 21.1. The van der Waals surface area contributed by atoms with Crippen molar-refractivity contribution in [1.82, 2.24) is 0 Å². The Morgan fingerprint density at radius 1 is 0.576 bits per heavy atom. The van der Waals surface area contributed by atoms with Gasteiger partial charge in [-0.2, -0.15) is 5.26 Å². The maximum atomic E-state index is 10.00. The highest BCUT2D eigenvalue weighted by Crippen LogP contribution is 2.54. The maximum Gasteiger partial charge on any atom is 0.0994 e. The Hall–Kier alpha value is -6.27. The first-order chi connectivity index (χ1) is 28.9. The van der Waals surface area contributed by atoms with Gasteiger partial charge in [0.05, 0.1) is 11.6 Å². The Bertz CT molecular complexity index is 3040. The van der Waals surface area contributed by atoms with E-state index in [2.05, 4.69) is 191 Å². The highest BCUT2D eigenvalue weighted by Gasteiger charge is 2.39. The van der Waals surface area contributed by atoms with Crippen LogP contribution in [0.15, 0.2) is 176 Å². The predicted molar refractivity (Wildman–Crippen MR) is 250 cm³/mol. The van der Waals surface area contributed by atoms with Gasteiger partial charge in [-0.25, -0.2) is 0 Å². The van der Waals surface area contributed by atoms with Gasteiger partial charge in [-0.1, -0.05) is 185 Å². The summed E-state index contributed by atoms with van der Waals surface area (Å²) >= 11 is 1.94. The summed E-state index contributed by atoms with van der Waals surface area (Å²) < 4.78 is 2.78. The molecule has 59 heavy (non-hydrogen) atoms. The summed E-state index contributed by atoms with van der Waals surface area (Å²) in [6.45, 7) is 7.24. The van der Waals surface area contributed by atoms with E-state index in [4.69, 9.17) is 0 Å². The molecule has 0 radical (unpaired) electrons. The average Bonchev–Trinajstić information content (AvgIpc) is 3.78.